The van der Waals surface area contributed by atoms with Crippen molar-refractivity contribution < 1.29 is 17.6 Å². The fourth-order valence-electron chi connectivity index (χ4n) is 5.91. The van der Waals surface area contributed by atoms with Gasteiger partial charge < -0.3 is 9.80 Å². The second-order valence-corrected chi connectivity index (χ2v) is 13.8. The number of hydrogen-bond donors (Lipinski definition) is 0. The first kappa shape index (κ1) is 27.7. The molecule has 1 aromatic carbocycles. The Morgan fingerprint density at radius 3 is 2.52 bits per heavy atom. The van der Waals surface area contributed by atoms with Gasteiger partial charge in [-0.05, 0) is 44.9 Å². The van der Waals surface area contributed by atoms with Gasteiger partial charge in [0.2, 0.25) is 5.91 Å². The zero-order chi connectivity index (χ0) is 30.0. The predicted molar refractivity (Wildman–Crippen MR) is 154 cm³/mol. The Morgan fingerprint density at radius 1 is 1.12 bits per heavy atom. The SMILES string of the molecule is C[C@@H]1CN(c2ncnc3c(-c4cc(C#N)n(C)n4)ccc(-c4cncc(F)c4)c23)[C@@H](C)CN1C(=O)[C@]1(C)CCS1(=O)=O. The van der Waals surface area contributed by atoms with Crippen LogP contribution < -0.4 is 4.90 Å². The van der Waals surface area contributed by atoms with Crippen LogP contribution in [0.4, 0.5) is 10.2 Å². The molecule has 4 aromatic rings. The van der Waals surface area contributed by atoms with E-state index in [0.29, 0.717) is 64.3 Å². The second kappa shape index (κ2) is 9.84. The molecular weight excluding hydrogens is 559 g/mol. The van der Waals surface area contributed by atoms with E-state index in [-0.39, 0.29) is 23.7 Å². The second-order valence-electron chi connectivity index (χ2n) is 11.2. The van der Waals surface area contributed by atoms with Crippen LogP contribution in [0.3, 0.4) is 0 Å². The zero-order valence-electron chi connectivity index (χ0n) is 23.6. The molecule has 5 heterocycles. The molecule has 0 N–H and O–H groups in total. The fraction of sp³-hybridized carbons (Fsp3) is 0.379. The molecule has 1 amide bonds. The first-order valence-corrected chi connectivity index (χ1v) is 15.2. The lowest BCUT2D eigenvalue weighted by Crippen LogP contribution is -2.66. The molecule has 216 valence electrons. The zero-order valence-corrected chi connectivity index (χ0v) is 24.4. The van der Waals surface area contributed by atoms with Gasteiger partial charge in [-0.3, -0.25) is 14.5 Å². The molecule has 3 atom stereocenters. The number of aryl methyl sites for hydroxylation is 1. The molecule has 2 saturated heterocycles. The lowest BCUT2D eigenvalue weighted by atomic mass is 9.96. The Hall–Kier alpha value is -4.44. The number of hydrogen-bond acceptors (Lipinski definition) is 9. The number of fused-ring (bicyclic) bond motifs is 1. The van der Waals surface area contributed by atoms with Crippen LogP contribution in [0.25, 0.3) is 33.3 Å². The Labute approximate surface area is 242 Å². The van der Waals surface area contributed by atoms with Crippen LogP contribution in [0.15, 0.2) is 43.0 Å². The predicted octanol–water partition coefficient (Wildman–Crippen LogP) is 3.11. The Morgan fingerprint density at radius 2 is 1.88 bits per heavy atom. The summed E-state index contributed by atoms with van der Waals surface area (Å²) in [6.45, 7) is 6.07. The van der Waals surface area contributed by atoms with Gasteiger partial charge in [0.15, 0.2) is 9.84 Å². The Bertz CT molecular complexity index is 1900. The highest BCUT2D eigenvalue weighted by Gasteiger charge is 2.56. The van der Waals surface area contributed by atoms with Crippen molar-refractivity contribution in [2.45, 2.75) is 44.0 Å². The lowest BCUT2D eigenvalue weighted by Gasteiger charge is -2.48. The average Bonchev–Trinajstić information content (AvgIpc) is 3.36. The number of amides is 1. The number of halogens is 1. The van der Waals surface area contributed by atoms with E-state index in [9.17, 15) is 22.9 Å². The highest BCUT2D eigenvalue weighted by molar-refractivity contribution is 7.95. The van der Waals surface area contributed by atoms with Gasteiger partial charge in [-0.2, -0.15) is 10.4 Å². The number of piperazine rings is 1. The third-order valence-corrected chi connectivity index (χ3v) is 11.1. The summed E-state index contributed by atoms with van der Waals surface area (Å²) in [5.74, 6) is -0.234. The van der Waals surface area contributed by atoms with Crippen molar-refractivity contribution in [3.63, 3.8) is 0 Å². The molecule has 13 heteroatoms. The van der Waals surface area contributed by atoms with Crippen LogP contribution in [0.1, 0.15) is 32.9 Å². The minimum Gasteiger partial charge on any atom is -0.349 e. The molecule has 6 rings (SSSR count). The van der Waals surface area contributed by atoms with Gasteiger partial charge in [0.05, 0.1) is 28.5 Å². The van der Waals surface area contributed by atoms with Crippen molar-refractivity contribution in [1.29, 1.82) is 5.26 Å². The normalized spacial score (nSPS) is 23.4. The molecule has 0 unspecified atom stereocenters. The Balaban J connectivity index is 1.48. The maximum atomic E-state index is 14.3. The van der Waals surface area contributed by atoms with E-state index in [1.807, 2.05) is 26.0 Å². The number of anilines is 1. The first-order chi connectivity index (χ1) is 19.9. The minimum absolute atomic E-state index is 0.0260. The number of rotatable bonds is 4. The minimum atomic E-state index is -3.47. The van der Waals surface area contributed by atoms with Gasteiger partial charge in [0, 0.05) is 55.6 Å². The number of carbonyl (C=O) groups is 1. The molecule has 11 nitrogen and oxygen atoms in total. The van der Waals surface area contributed by atoms with Gasteiger partial charge in [-0.25, -0.2) is 22.8 Å². The highest BCUT2D eigenvalue weighted by atomic mass is 32.2. The average molecular weight is 589 g/mol. The van der Waals surface area contributed by atoms with E-state index in [0.717, 1.165) is 6.20 Å². The molecule has 0 saturated carbocycles. The molecular formula is C29H29FN8O3S. The first-order valence-electron chi connectivity index (χ1n) is 13.6. The van der Waals surface area contributed by atoms with E-state index >= 15 is 0 Å². The van der Waals surface area contributed by atoms with Gasteiger partial charge in [-0.15, -0.1) is 0 Å². The standard InChI is InChI=1S/C29H29FN8O3S/c1-17-15-38(28(39)29(3)7-8-42(29,40)41)18(2)14-37(17)27-25-22(19-9-20(30)13-32-12-19)5-6-23(26(25)33-16-34-27)24-10-21(11-31)36(4)35-24/h5-6,9-10,12-13,16-18H,7-8,14-15H2,1-4H3/t17-,18+,29-/m0/s1. The molecule has 2 fully saturated rings. The summed E-state index contributed by atoms with van der Waals surface area (Å²) in [5, 5.41) is 14.7. The maximum Gasteiger partial charge on any atom is 0.244 e. The molecule has 0 spiro atoms. The quantitative estimate of drug-likeness (QED) is 0.352. The molecule has 0 radical (unpaired) electrons. The number of pyridine rings is 1. The third-order valence-electron chi connectivity index (χ3n) is 8.56. The largest absolute Gasteiger partial charge is 0.349 e. The monoisotopic (exact) mass is 588 g/mol. The summed E-state index contributed by atoms with van der Waals surface area (Å²) in [4.78, 5) is 30.6. The van der Waals surface area contributed by atoms with Crippen LogP contribution >= 0.6 is 0 Å². The molecule has 0 bridgehead atoms. The van der Waals surface area contributed by atoms with Crippen LogP contribution in [-0.4, -0.2) is 79.6 Å². The van der Waals surface area contributed by atoms with Crippen LogP contribution in [0.5, 0.6) is 0 Å². The summed E-state index contributed by atoms with van der Waals surface area (Å²) in [6.07, 6.45) is 4.49. The number of aromatic nitrogens is 5. The summed E-state index contributed by atoms with van der Waals surface area (Å²) >= 11 is 0. The van der Waals surface area contributed by atoms with E-state index < -0.39 is 20.4 Å². The van der Waals surface area contributed by atoms with E-state index in [4.69, 9.17) is 4.98 Å². The number of nitriles is 1. The van der Waals surface area contributed by atoms with Crippen molar-refractivity contribution in [3.8, 4) is 28.5 Å². The molecule has 2 aliphatic heterocycles. The van der Waals surface area contributed by atoms with Crippen LogP contribution in [-0.2, 0) is 21.7 Å². The third kappa shape index (κ3) is 4.20. The molecule has 3 aromatic heterocycles. The topological polar surface area (TPSA) is 138 Å². The van der Waals surface area contributed by atoms with Crippen molar-refractivity contribution in [2.24, 2.45) is 7.05 Å². The van der Waals surface area contributed by atoms with Gasteiger partial charge in [0.25, 0.3) is 0 Å². The number of nitrogens with zero attached hydrogens (tertiary/aromatic N) is 8. The van der Waals surface area contributed by atoms with Gasteiger partial charge in [-0.1, -0.05) is 6.07 Å². The summed E-state index contributed by atoms with van der Waals surface area (Å²) in [6, 6.07) is 8.37. The van der Waals surface area contributed by atoms with Crippen LogP contribution in [0, 0.1) is 17.1 Å². The lowest BCUT2D eigenvalue weighted by molar-refractivity contribution is -0.137. The maximum absolute atomic E-state index is 14.3. The van der Waals surface area contributed by atoms with E-state index in [1.165, 1.54) is 24.0 Å². The number of carbonyl (C=O) groups excluding carboxylic acids is 1. The van der Waals surface area contributed by atoms with E-state index in [1.54, 1.807) is 24.2 Å². The Kier molecular flexibility index (Phi) is 6.49. The van der Waals surface area contributed by atoms with Gasteiger partial charge in [0.1, 0.15) is 34.5 Å². The molecule has 2 aliphatic rings. The van der Waals surface area contributed by atoms with Crippen molar-refractivity contribution in [1.82, 2.24) is 29.6 Å². The van der Waals surface area contributed by atoms with Crippen LogP contribution in [0.2, 0.25) is 0 Å². The molecule has 42 heavy (non-hydrogen) atoms. The smallest absolute Gasteiger partial charge is 0.244 e. The van der Waals surface area contributed by atoms with Crippen molar-refractivity contribution in [3.05, 3.63) is 54.5 Å². The molecule has 0 aliphatic carbocycles. The number of benzene rings is 1. The van der Waals surface area contributed by atoms with Crippen molar-refractivity contribution >= 4 is 32.5 Å². The van der Waals surface area contributed by atoms with Gasteiger partial charge >= 0.3 is 0 Å². The number of sulfone groups is 1. The summed E-state index contributed by atoms with van der Waals surface area (Å²) < 4.78 is 39.4. The highest BCUT2D eigenvalue weighted by Crippen LogP contribution is 2.41. The fourth-order valence-corrected chi connectivity index (χ4v) is 7.44. The van der Waals surface area contributed by atoms with Crippen molar-refractivity contribution in [2.75, 3.05) is 23.7 Å². The summed E-state index contributed by atoms with van der Waals surface area (Å²) in [5.41, 5.74) is 3.39. The summed E-state index contributed by atoms with van der Waals surface area (Å²) in [7, 11) is -1.78. The van der Waals surface area contributed by atoms with E-state index in [2.05, 4.69) is 26.0 Å².